The minimum absolute atomic E-state index is 0.00296. The molecular formula is C21H25FN2O4S. The lowest BCUT2D eigenvalue weighted by atomic mass is 10.1. The van der Waals surface area contributed by atoms with Crippen molar-refractivity contribution in [1.82, 2.24) is 9.62 Å². The van der Waals surface area contributed by atoms with Crippen LogP contribution in [0.1, 0.15) is 24.8 Å². The SMILES string of the molecule is O=C(CCNS(=O)(=O)c1ccc(F)cc1)N1CCC(OCc2ccccc2)CC1. The van der Waals surface area contributed by atoms with Crippen molar-refractivity contribution >= 4 is 15.9 Å². The van der Waals surface area contributed by atoms with E-state index in [2.05, 4.69) is 4.72 Å². The number of hydrogen-bond acceptors (Lipinski definition) is 4. The van der Waals surface area contributed by atoms with Crippen molar-refractivity contribution < 1.29 is 22.3 Å². The van der Waals surface area contributed by atoms with Crippen LogP contribution in [-0.2, 0) is 26.2 Å². The van der Waals surface area contributed by atoms with Crippen LogP contribution in [0, 0.1) is 5.82 Å². The fourth-order valence-corrected chi connectivity index (χ4v) is 4.24. The molecule has 0 bridgehead atoms. The fraction of sp³-hybridized carbons (Fsp3) is 0.381. The Kier molecular flexibility index (Phi) is 7.35. The second-order valence-corrected chi connectivity index (χ2v) is 8.75. The molecule has 0 atom stereocenters. The van der Waals surface area contributed by atoms with Gasteiger partial charge in [0.05, 0.1) is 17.6 Å². The van der Waals surface area contributed by atoms with Gasteiger partial charge in [-0.05, 0) is 42.7 Å². The number of benzene rings is 2. The average Bonchev–Trinajstić information content (AvgIpc) is 2.73. The topological polar surface area (TPSA) is 75.7 Å². The molecule has 0 spiro atoms. The minimum atomic E-state index is -3.75. The standard InChI is InChI=1S/C21H25FN2O4S/c22-18-6-8-20(9-7-18)29(26,27)23-13-10-21(25)24-14-11-19(12-15-24)28-16-17-4-2-1-3-5-17/h1-9,19,23H,10-16H2. The van der Waals surface area contributed by atoms with Crippen molar-refractivity contribution in [1.29, 1.82) is 0 Å². The molecule has 1 amide bonds. The highest BCUT2D eigenvalue weighted by molar-refractivity contribution is 7.89. The summed E-state index contributed by atoms with van der Waals surface area (Å²) in [5.41, 5.74) is 1.12. The summed E-state index contributed by atoms with van der Waals surface area (Å²) in [5.74, 6) is -0.594. The van der Waals surface area contributed by atoms with Crippen molar-refractivity contribution in [2.45, 2.75) is 36.9 Å². The number of halogens is 1. The van der Waals surface area contributed by atoms with E-state index in [4.69, 9.17) is 4.74 Å². The van der Waals surface area contributed by atoms with Gasteiger partial charge in [0.2, 0.25) is 15.9 Å². The highest BCUT2D eigenvalue weighted by Gasteiger charge is 2.23. The Hall–Kier alpha value is -2.29. The third-order valence-corrected chi connectivity index (χ3v) is 6.36. The van der Waals surface area contributed by atoms with Gasteiger partial charge in [-0.2, -0.15) is 0 Å². The Morgan fingerprint density at radius 3 is 2.38 bits per heavy atom. The maximum absolute atomic E-state index is 12.9. The molecule has 8 heteroatoms. The number of carbonyl (C=O) groups excluding carboxylic acids is 1. The van der Waals surface area contributed by atoms with Gasteiger partial charge >= 0.3 is 0 Å². The number of nitrogens with one attached hydrogen (secondary N) is 1. The second kappa shape index (κ2) is 9.96. The third kappa shape index (κ3) is 6.35. The highest BCUT2D eigenvalue weighted by atomic mass is 32.2. The summed E-state index contributed by atoms with van der Waals surface area (Å²) in [6.07, 6.45) is 1.73. The second-order valence-electron chi connectivity index (χ2n) is 6.98. The fourth-order valence-electron chi connectivity index (χ4n) is 3.21. The van der Waals surface area contributed by atoms with E-state index in [0.717, 1.165) is 30.5 Å². The number of piperidine rings is 1. The molecular weight excluding hydrogens is 395 g/mol. The smallest absolute Gasteiger partial charge is 0.240 e. The number of nitrogens with zero attached hydrogens (tertiary/aromatic N) is 1. The zero-order chi connectivity index (χ0) is 20.7. The van der Waals surface area contributed by atoms with Gasteiger partial charge in [0.25, 0.3) is 0 Å². The first-order valence-corrected chi connectivity index (χ1v) is 11.1. The molecule has 1 aliphatic heterocycles. The van der Waals surface area contributed by atoms with E-state index >= 15 is 0 Å². The summed E-state index contributed by atoms with van der Waals surface area (Å²) < 4.78 is 45.6. The average molecular weight is 421 g/mol. The Labute approximate surface area is 170 Å². The molecule has 1 heterocycles. The minimum Gasteiger partial charge on any atom is -0.373 e. The largest absolute Gasteiger partial charge is 0.373 e. The Bertz CT molecular complexity index is 896. The molecule has 0 aromatic heterocycles. The quantitative estimate of drug-likeness (QED) is 0.713. The van der Waals surface area contributed by atoms with Gasteiger partial charge in [0.15, 0.2) is 0 Å². The molecule has 1 saturated heterocycles. The van der Waals surface area contributed by atoms with E-state index in [9.17, 15) is 17.6 Å². The van der Waals surface area contributed by atoms with Gasteiger partial charge in [-0.1, -0.05) is 30.3 Å². The molecule has 3 rings (SSSR count). The van der Waals surface area contributed by atoms with E-state index in [1.165, 1.54) is 12.1 Å². The maximum Gasteiger partial charge on any atom is 0.240 e. The van der Waals surface area contributed by atoms with Crippen LogP contribution in [0.4, 0.5) is 4.39 Å². The summed E-state index contributed by atoms with van der Waals surface area (Å²) in [7, 11) is -3.75. The number of likely N-dealkylation sites (tertiary alicyclic amines) is 1. The van der Waals surface area contributed by atoms with E-state index in [0.29, 0.717) is 19.7 Å². The predicted octanol–water partition coefficient (Wildman–Crippen LogP) is 2.70. The van der Waals surface area contributed by atoms with E-state index < -0.39 is 15.8 Å². The van der Waals surface area contributed by atoms with Gasteiger partial charge < -0.3 is 9.64 Å². The summed E-state index contributed by atoms with van der Waals surface area (Å²) in [5, 5.41) is 0. The first-order valence-electron chi connectivity index (χ1n) is 9.62. The van der Waals surface area contributed by atoms with Crippen molar-refractivity contribution in [3.05, 3.63) is 66.0 Å². The number of hydrogen-bond donors (Lipinski definition) is 1. The van der Waals surface area contributed by atoms with Gasteiger partial charge in [-0.3, -0.25) is 4.79 Å². The molecule has 6 nitrogen and oxygen atoms in total. The molecule has 2 aromatic carbocycles. The molecule has 0 unspecified atom stereocenters. The molecule has 156 valence electrons. The van der Waals surface area contributed by atoms with E-state index in [1.807, 2.05) is 30.3 Å². The van der Waals surface area contributed by atoms with Crippen molar-refractivity contribution in [2.24, 2.45) is 0 Å². The molecule has 1 N–H and O–H groups in total. The Morgan fingerprint density at radius 2 is 1.72 bits per heavy atom. The summed E-state index contributed by atoms with van der Waals surface area (Å²) in [4.78, 5) is 14.1. The van der Waals surface area contributed by atoms with Gasteiger partial charge in [-0.15, -0.1) is 0 Å². The number of ether oxygens (including phenoxy) is 1. The zero-order valence-electron chi connectivity index (χ0n) is 16.1. The maximum atomic E-state index is 12.9. The summed E-state index contributed by atoms with van der Waals surface area (Å²) in [6, 6.07) is 14.5. The van der Waals surface area contributed by atoms with Crippen LogP contribution in [0.15, 0.2) is 59.5 Å². The van der Waals surface area contributed by atoms with Crippen LogP contribution in [0.5, 0.6) is 0 Å². The predicted molar refractivity (Wildman–Crippen MR) is 107 cm³/mol. The van der Waals surface area contributed by atoms with Crippen molar-refractivity contribution in [2.75, 3.05) is 19.6 Å². The molecule has 2 aromatic rings. The van der Waals surface area contributed by atoms with E-state index in [-0.39, 0.29) is 29.9 Å². The lowest BCUT2D eigenvalue weighted by Gasteiger charge is -2.32. The first-order chi connectivity index (χ1) is 13.9. The lowest BCUT2D eigenvalue weighted by Crippen LogP contribution is -2.42. The monoisotopic (exact) mass is 420 g/mol. The Balaban J connectivity index is 1.38. The number of sulfonamides is 1. The summed E-state index contributed by atoms with van der Waals surface area (Å²) >= 11 is 0. The van der Waals surface area contributed by atoms with Crippen LogP contribution in [0.3, 0.4) is 0 Å². The number of amides is 1. The Morgan fingerprint density at radius 1 is 1.07 bits per heavy atom. The van der Waals surface area contributed by atoms with Gasteiger partial charge in [0, 0.05) is 26.1 Å². The highest BCUT2D eigenvalue weighted by Crippen LogP contribution is 2.16. The molecule has 0 saturated carbocycles. The molecule has 29 heavy (non-hydrogen) atoms. The molecule has 0 aliphatic carbocycles. The summed E-state index contributed by atoms with van der Waals surface area (Å²) in [6.45, 7) is 1.76. The van der Waals surface area contributed by atoms with Crippen LogP contribution in [-0.4, -0.2) is 45.0 Å². The normalized spacial score (nSPS) is 15.4. The number of rotatable bonds is 8. The molecule has 1 aliphatic rings. The van der Waals surface area contributed by atoms with Gasteiger partial charge in [-0.25, -0.2) is 17.5 Å². The lowest BCUT2D eigenvalue weighted by molar-refractivity contribution is -0.133. The van der Waals surface area contributed by atoms with Gasteiger partial charge in [0.1, 0.15) is 5.82 Å². The first kappa shape index (κ1) is 21.4. The van der Waals surface area contributed by atoms with Crippen LogP contribution in [0.25, 0.3) is 0 Å². The van der Waals surface area contributed by atoms with Crippen LogP contribution in [0.2, 0.25) is 0 Å². The molecule has 1 fully saturated rings. The third-order valence-electron chi connectivity index (χ3n) is 4.88. The molecule has 0 radical (unpaired) electrons. The van der Waals surface area contributed by atoms with Crippen LogP contribution >= 0.6 is 0 Å². The number of carbonyl (C=O) groups is 1. The van der Waals surface area contributed by atoms with Crippen molar-refractivity contribution in [3.63, 3.8) is 0 Å². The zero-order valence-corrected chi connectivity index (χ0v) is 16.9. The van der Waals surface area contributed by atoms with Crippen molar-refractivity contribution in [3.8, 4) is 0 Å². The van der Waals surface area contributed by atoms with E-state index in [1.54, 1.807) is 4.90 Å². The van der Waals surface area contributed by atoms with Crippen LogP contribution < -0.4 is 4.72 Å².